The molecule has 0 amide bonds. The first-order valence-corrected chi connectivity index (χ1v) is 2.61. The van der Waals surface area contributed by atoms with E-state index in [1.165, 1.54) is 0 Å². The van der Waals surface area contributed by atoms with Gasteiger partial charge in [0.1, 0.15) is 0 Å². The van der Waals surface area contributed by atoms with Gasteiger partial charge in [0, 0.05) is 5.54 Å². The highest BCUT2D eigenvalue weighted by Gasteiger charge is 2.44. The maximum absolute atomic E-state index is 5.67. The summed E-state index contributed by atoms with van der Waals surface area (Å²) in [6, 6.07) is 0. The van der Waals surface area contributed by atoms with Crippen molar-refractivity contribution in [2.24, 2.45) is 11.7 Å². The highest BCUT2D eigenvalue weighted by atomic mass is 14.8. The van der Waals surface area contributed by atoms with Crippen LogP contribution in [0.2, 0.25) is 0 Å². The van der Waals surface area contributed by atoms with Gasteiger partial charge in [0.15, 0.2) is 0 Å². The molecule has 0 bridgehead atoms. The lowest BCUT2D eigenvalue weighted by atomic mass is 10.2. The molecule has 1 aliphatic carbocycles. The van der Waals surface area contributed by atoms with Crippen LogP contribution in [0.25, 0.3) is 0 Å². The molecule has 1 aliphatic rings. The van der Waals surface area contributed by atoms with Crippen LogP contribution in [0.3, 0.4) is 0 Å². The van der Waals surface area contributed by atoms with Crippen LogP contribution in [0.5, 0.6) is 0 Å². The van der Waals surface area contributed by atoms with Crippen molar-refractivity contribution in [1.29, 1.82) is 0 Å². The van der Waals surface area contributed by atoms with Gasteiger partial charge >= 0.3 is 0 Å². The molecule has 0 aromatic heterocycles. The summed E-state index contributed by atoms with van der Waals surface area (Å²) in [5, 5.41) is 0. The predicted molar refractivity (Wildman–Crippen MR) is 30.9 cm³/mol. The third-order valence-corrected chi connectivity index (χ3v) is 1.80. The molecule has 2 unspecified atom stereocenters. The van der Waals surface area contributed by atoms with Crippen LogP contribution in [0.15, 0.2) is 12.7 Å². The second-order valence-corrected chi connectivity index (χ2v) is 2.42. The highest BCUT2D eigenvalue weighted by molar-refractivity contribution is 5.16. The van der Waals surface area contributed by atoms with E-state index in [9.17, 15) is 0 Å². The van der Waals surface area contributed by atoms with Crippen molar-refractivity contribution < 1.29 is 0 Å². The van der Waals surface area contributed by atoms with Gasteiger partial charge in [0.05, 0.1) is 0 Å². The molecule has 0 aromatic carbocycles. The molecule has 1 saturated carbocycles. The second kappa shape index (κ2) is 1.10. The van der Waals surface area contributed by atoms with E-state index in [0.717, 1.165) is 6.42 Å². The molecule has 0 radical (unpaired) electrons. The summed E-state index contributed by atoms with van der Waals surface area (Å²) >= 11 is 0. The zero-order valence-corrected chi connectivity index (χ0v) is 4.65. The lowest BCUT2D eigenvalue weighted by molar-refractivity contribution is 0.760. The zero-order valence-electron chi connectivity index (χ0n) is 4.65. The van der Waals surface area contributed by atoms with Crippen LogP contribution >= 0.6 is 0 Å². The highest BCUT2D eigenvalue weighted by Crippen LogP contribution is 2.40. The normalized spacial score (nSPS) is 48.6. The Morgan fingerprint density at radius 3 is 2.43 bits per heavy atom. The van der Waals surface area contributed by atoms with E-state index in [1.807, 2.05) is 6.08 Å². The van der Waals surface area contributed by atoms with Crippen molar-refractivity contribution >= 4 is 0 Å². The van der Waals surface area contributed by atoms with Gasteiger partial charge in [-0.15, -0.1) is 6.58 Å². The van der Waals surface area contributed by atoms with Gasteiger partial charge in [-0.25, -0.2) is 0 Å². The molecule has 1 heteroatoms. The molecule has 0 saturated heterocycles. The summed E-state index contributed by atoms with van der Waals surface area (Å²) in [7, 11) is 0. The van der Waals surface area contributed by atoms with E-state index in [-0.39, 0.29) is 5.54 Å². The summed E-state index contributed by atoms with van der Waals surface area (Å²) in [6.07, 6.45) is 2.97. The fourth-order valence-corrected chi connectivity index (χ4v) is 0.756. The van der Waals surface area contributed by atoms with Crippen molar-refractivity contribution in [3.05, 3.63) is 12.7 Å². The summed E-state index contributed by atoms with van der Waals surface area (Å²) < 4.78 is 0. The molecule has 0 spiro atoms. The first-order chi connectivity index (χ1) is 3.19. The molecule has 1 rings (SSSR count). The zero-order chi connectivity index (χ0) is 5.49. The molecule has 7 heavy (non-hydrogen) atoms. The number of hydrogen-bond donors (Lipinski definition) is 1. The van der Waals surface area contributed by atoms with Gasteiger partial charge in [-0.05, 0) is 12.3 Å². The van der Waals surface area contributed by atoms with E-state index in [0.29, 0.717) is 5.92 Å². The second-order valence-electron chi connectivity index (χ2n) is 2.42. The van der Waals surface area contributed by atoms with Gasteiger partial charge in [-0.1, -0.05) is 13.0 Å². The average Bonchev–Trinajstić information content (AvgIpc) is 2.18. The Bertz CT molecular complexity index is 98.4. The molecular formula is C6H11N. The van der Waals surface area contributed by atoms with Crippen molar-refractivity contribution in [1.82, 2.24) is 0 Å². The van der Waals surface area contributed by atoms with Crippen molar-refractivity contribution in [2.45, 2.75) is 18.9 Å². The minimum absolute atomic E-state index is 0.0139. The van der Waals surface area contributed by atoms with Crippen LogP contribution in [0, 0.1) is 5.92 Å². The van der Waals surface area contributed by atoms with Gasteiger partial charge in [0.25, 0.3) is 0 Å². The minimum Gasteiger partial charge on any atom is -0.322 e. The van der Waals surface area contributed by atoms with Gasteiger partial charge in [0.2, 0.25) is 0 Å². The third kappa shape index (κ3) is 0.570. The van der Waals surface area contributed by atoms with E-state index < -0.39 is 0 Å². The lowest BCUT2D eigenvalue weighted by Crippen LogP contribution is -2.19. The molecule has 40 valence electrons. The van der Waals surface area contributed by atoms with Crippen molar-refractivity contribution in [2.75, 3.05) is 0 Å². The molecule has 0 aliphatic heterocycles. The molecule has 2 atom stereocenters. The van der Waals surface area contributed by atoms with Crippen LogP contribution in [0.4, 0.5) is 0 Å². The van der Waals surface area contributed by atoms with Crippen LogP contribution in [0.1, 0.15) is 13.3 Å². The topological polar surface area (TPSA) is 26.0 Å². The van der Waals surface area contributed by atoms with E-state index in [2.05, 4.69) is 13.5 Å². The lowest BCUT2D eigenvalue weighted by Gasteiger charge is -1.96. The third-order valence-electron chi connectivity index (χ3n) is 1.80. The Morgan fingerprint density at radius 1 is 2.00 bits per heavy atom. The molecule has 0 heterocycles. The van der Waals surface area contributed by atoms with E-state index in [1.54, 1.807) is 0 Å². The Labute approximate surface area is 44.2 Å². The Kier molecular flexibility index (Phi) is 0.762. The van der Waals surface area contributed by atoms with Crippen LogP contribution in [-0.4, -0.2) is 5.54 Å². The molecule has 2 N–H and O–H groups in total. The smallest absolute Gasteiger partial charge is 0.0366 e. The summed E-state index contributed by atoms with van der Waals surface area (Å²) in [5.41, 5.74) is 5.69. The Hall–Kier alpha value is -0.300. The SMILES string of the molecule is C=CC1(N)CC1C. The summed E-state index contributed by atoms with van der Waals surface area (Å²) in [4.78, 5) is 0. The van der Waals surface area contributed by atoms with E-state index in [4.69, 9.17) is 5.73 Å². The quantitative estimate of drug-likeness (QED) is 0.483. The fraction of sp³-hybridized carbons (Fsp3) is 0.667. The Balaban J connectivity index is 2.51. The Morgan fingerprint density at radius 2 is 2.43 bits per heavy atom. The molecular weight excluding hydrogens is 86.1 g/mol. The molecule has 1 fully saturated rings. The number of rotatable bonds is 1. The van der Waals surface area contributed by atoms with Crippen LogP contribution in [-0.2, 0) is 0 Å². The fourth-order valence-electron chi connectivity index (χ4n) is 0.756. The van der Waals surface area contributed by atoms with Gasteiger partial charge in [-0.3, -0.25) is 0 Å². The standard InChI is InChI=1S/C6H11N/c1-3-6(7)4-5(6)2/h3,5H,1,4,7H2,2H3. The first kappa shape index (κ1) is 4.85. The largest absolute Gasteiger partial charge is 0.322 e. The maximum atomic E-state index is 5.67. The average molecular weight is 97.2 g/mol. The van der Waals surface area contributed by atoms with Crippen molar-refractivity contribution in [3.8, 4) is 0 Å². The minimum atomic E-state index is 0.0139. The molecule has 1 nitrogen and oxygen atoms in total. The monoisotopic (exact) mass is 97.1 g/mol. The van der Waals surface area contributed by atoms with Crippen LogP contribution < -0.4 is 5.73 Å². The van der Waals surface area contributed by atoms with Gasteiger partial charge < -0.3 is 5.73 Å². The number of nitrogens with two attached hydrogens (primary N) is 1. The summed E-state index contributed by atoms with van der Waals surface area (Å²) in [6.45, 7) is 5.76. The van der Waals surface area contributed by atoms with E-state index >= 15 is 0 Å². The van der Waals surface area contributed by atoms with Gasteiger partial charge in [-0.2, -0.15) is 0 Å². The maximum Gasteiger partial charge on any atom is 0.0366 e. The molecule has 0 aromatic rings. The predicted octanol–water partition coefficient (Wildman–Crippen LogP) is 0.910. The van der Waals surface area contributed by atoms with Crippen molar-refractivity contribution in [3.63, 3.8) is 0 Å². The first-order valence-electron chi connectivity index (χ1n) is 2.61. The number of hydrogen-bond acceptors (Lipinski definition) is 1. The summed E-state index contributed by atoms with van der Waals surface area (Å²) in [5.74, 6) is 0.671.